The van der Waals surface area contributed by atoms with Gasteiger partial charge in [-0.1, -0.05) is 0 Å². The highest BCUT2D eigenvalue weighted by atomic mass is 19.1. The molecule has 0 spiro atoms. The summed E-state index contributed by atoms with van der Waals surface area (Å²) >= 11 is 0. The summed E-state index contributed by atoms with van der Waals surface area (Å²) in [5.74, 6) is 0.277. The van der Waals surface area contributed by atoms with E-state index in [0.29, 0.717) is 18.7 Å². The smallest absolute Gasteiger partial charge is 0.123 e. The van der Waals surface area contributed by atoms with E-state index in [1.165, 1.54) is 17.7 Å². The molecule has 1 aromatic heterocycles. The lowest BCUT2D eigenvalue weighted by atomic mass is 10.1. The normalized spacial score (nSPS) is 21.5. The van der Waals surface area contributed by atoms with Crippen molar-refractivity contribution in [3.63, 3.8) is 0 Å². The Hall–Kier alpha value is -1.98. The van der Waals surface area contributed by atoms with Crippen molar-refractivity contribution >= 4 is 0 Å². The SMILES string of the molecule is Cc1cnccc1CN1CC[C@](O)(COc2ccc(F)cc2)C1. The van der Waals surface area contributed by atoms with Crippen molar-refractivity contribution in [2.24, 2.45) is 0 Å². The Morgan fingerprint density at radius 1 is 1.30 bits per heavy atom. The molecule has 0 bridgehead atoms. The van der Waals surface area contributed by atoms with Crippen molar-refractivity contribution < 1.29 is 14.2 Å². The fraction of sp³-hybridized carbons (Fsp3) is 0.389. The quantitative estimate of drug-likeness (QED) is 0.921. The van der Waals surface area contributed by atoms with Crippen LogP contribution < -0.4 is 4.74 Å². The number of aliphatic hydroxyl groups is 1. The fourth-order valence-electron chi connectivity index (χ4n) is 2.86. The molecule has 5 heteroatoms. The molecule has 1 aromatic carbocycles. The van der Waals surface area contributed by atoms with Crippen molar-refractivity contribution in [2.45, 2.75) is 25.5 Å². The number of β-amino-alcohol motifs (C(OH)–C–C–N with tert-alkyl or cyclic N) is 1. The first-order valence-corrected chi connectivity index (χ1v) is 7.77. The van der Waals surface area contributed by atoms with E-state index in [1.54, 1.807) is 18.3 Å². The molecule has 1 fully saturated rings. The van der Waals surface area contributed by atoms with Crippen LogP contribution in [0.3, 0.4) is 0 Å². The van der Waals surface area contributed by atoms with E-state index in [9.17, 15) is 9.50 Å². The highest BCUT2D eigenvalue weighted by Crippen LogP contribution is 2.25. The summed E-state index contributed by atoms with van der Waals surface area (Å²) in [6.07, 6.45) is 4.32. The molecular weight excluding hydrogens is 295 g/mol. The molecule has 122 valence electrons. The number of hydrogen-bond acceptors (Lipinski definition) is 4. The molecule has 2 aromatic rings. The van der Waals surface area contributed by atoms with E-state index < -0.39 is 5.60 Å². The fourth-order valence-corrected chi connectivity index (χ4v) is 2.86. The lowest BCUT2D eigenvalue weighted by molar-refractivity contribution is 0.00335. The zero-order chi connectivity index (χ0) is 16.3. The summed E-state index contributed by atoms with van der Waals surface area (Å²) in [4.78, 5) is 6.32. The molecule has 2 heterocycles. The van der Waals surface area contributed by atoms with Crippen LogP contribution >= 0.6 is 0 Å². The summed E-state index contributed by atoms with van der Waals surface area (Å²) in [6.45, 7) is 4.45. The van der Waals surface area contributed by atoms with E-state index in [-0.39, 0.29) is 12.4 Å². The Morgan fingerprint density at radius 3 is 2.83 bits per heavy atom. The van der Waals surface area contributed by atoms with E-state index in [4.69, 9.17) is 4.74 Å². The van der Waals surface area contributed by atoms with E-state index >= 15 is 0 Å². The van der Waals surface area contributed by atoms with Crippen LogP contribution in [-0.2, 0) is 6.54 Å². The third kappa shape index (κ3) is 4.06. The van der Waals surface area contributed by atoms with Gasteiger partial charge in [-0.15, -0.1) is 0 Å². The number of likely N-dealkylation sites (tertiary alicyclic amines) is 1. The van der Waals surface area contributed by atoms with Crippen LogP contribution in [0.15, 0.2) is 42.7 Å². The highest BCUT2D eigenvalue weighted by molar-refractivity contribution is 5.23. The molecule has 4 nitrogen and oxygen atoms in total. The molecule has 3 rings (SSSR count). The van der Waals surface area contributed by atoms with Crippen LogP contribution in [0, 0.1) is 12.7 Å². The number of hydrogen-bond donors (Lipinski definition) is 1. The molecule has 0 aliphatic carbocycles. The molecule has 1 saturated heterocycles. The maximum absolute atomic E-state index is 12.9. The zero-order valence-corrected chi connectivity index (χ0v) is 13.2. The van der Waals surface area contributed by atoms with Crippen molar-refractivity contribution in [2.75, 3.05) is 19.7 Å². The van der Waals surface area contributed by atoms with Gasteiger partial charge in [-0.3, -0.25) is 9.88 Å². The molecule has 0 saturated carbocycles. The van der Waals surface area contributed by atoms with Crippen molar-refractivity contribution in [1.82, 2.24) is 9.88 Å². The number of nitrogens with zero attached hydrogens (tertiary/aromatic N) is 2. The van der Waals surface area contributed by atoms with Gasteiger partial charge < -0.3 is 9.84 Å². The Balaban J connectivity index is 1.55. The monoisotopic (exact) mass is 316 g/mol. The second-order valence-electron chi connectivity index (χ2n) is 6.23. The summed E-state index contributed by atoms with van der Waals surface area (Å²) in [5, 5.41) is 10.7. The Bertz CT molecular complexity index is 662. The van der Waals surface area contributed by atoms with Crippen LogP contribution in [0.4, 0.5) is 4.39 Å². The molecule has 1 aliphatic rings. The number of halogens is 1. The summed E-state index contributed by atoms with van der Waals surface area (Å²) in [5.41, 5.74) is 1.52. The van der Waals surface area contributed by atoms with Crippen LogP contribution in [-0.4, -0.2) is 40.3 Å². The topological polar surface area (TPSA) is 45.6 Å². The number of ether oxygens (including phenoxy) is 1. The maximum atomic E-state index is 12.9. The minimum absolute atomic E-state index is 0.213. The average Bonchev–Trinajstić information content (AvgIpc) is 2.91. The van der Waals surface area contributed by atoms with Gasteiger partial charge in [-0.2, -0.15) is 0 Å². The van der Waals surface area contributed by atoms with Crippen molar-refractivity contribution in [3.8, 4) is 5.75 Å². The Kier molecular flexibility index (Phi) is 4.59. The second kappa shape index (κ2) is 6.64. The Labute approximate surface area is 135 Å². The van der Waals surface area contributed by atoms with E-state index in [2.05, 4.69) is 9.88 Å². The van der Waals surface area contributed by atoms with Gasteiger partial charge in [0.05, 0.1) is 0 Å². The first-order chi connectivity index (χ1) is 11.0. The van der Waals surface area contributed by atoms with Crippen LogP contribution in [0.1, 0.15) is 17.5 Å². The summed E-state index contributed by atoms with van der Waals surface area (Å²) in [6, 6.07) is 7.87. The standard InChI is InChI=1S/C18H21FN2O2/c1-14-10-20-8-6-15(14)11-21-9-7-18(22,12-21)13-23-17-4-2-16(19)3-5-17/h2-6,8,10,22H,7,9,11-13H2,1H3/t18-/m1/s1. The number of rotatable bonds is 5. The predicted octanol–water partition coefficient (Wildman–Crippen LogP) is 2.54. The molecular formula is C18H21FN2O2. The Morgan fingerprint density at radius 2 is 2.09 bits per heavy atom. The molecule has 1 atom stereocenters. The van der Waals surface area contributed by atoms with Crippen LogP contribution in [0.25, 0.3) is 0 Å². The first-order valence-electron chi connectivity index (χ1n) is 7.77. The third-order valence-corrected chi connectivity index (χ3v) is 4.26. The molecule has 23 heavy (non-hydrogen) atoms. The summed E-state index contributed by atoms with van der Waals surface area (Å²) in [7, 11) is 0. The maximum Gasteiger partial charge on any atom is 0.123 e. The minimum atomic E-state index is -0.866. The molecule has 0 amide bonds. The predicted molar refractivity (Wildman–Crippen MR) is 85.7 cm³/mol. The second-order valence-corrected chi connectivity index (χ2v) is 6.23. The van der Waals surface area contributed by atoms with Crippen LogP contribution in [0.2, 0.25) is 0 Å². The minimum Gasteiger partial charge on any atom is -0.491 e. The van der Waals surface area contributed by atoms with E-state index in [0.717, 1.165) is 18.7 Å². The number of pyridine rings is 1. The highest BCUT2D eigenvalue weighted by Gasteiger charge is 2.36. The van der Waals surface area contributed by atoms with Gasteiger partial charge in [-0.05, 0) is 54.8 Å². The van der Waals surface area contributed by atoms with Gasteiger partial charge in [0.15, 0.2) is 0 Å². The number of aryl methyl sites for hydroxylation is 1. The van der Waals surface area contributed by atoms with Gasteiger partial charge in [0.25, 0.3) is 0 Å². The zero-order valence-electron chi connectivity index (χ0n) is 13.2. The molecule has 1 aliphatic heterocycles. The van der Waals surface area contributed by atoms with Gasteiger partial charge in [0.1, 0.15) is 23.8 Å². The largest absolute Gasteiger partial charge is 0.491 e. The number of benzene rings is 1. The molecule has 0 radical (unpaired) electrons. The first kappa shape index (κ1) is 15.9. The lowest BCUT2D eigenvalue weighted by Crippen LogP contribution is -2.39. The lowest BCUT2D eigenvalue weighted by Gasteiger charge is -2.24. The van der Waals surface area contributed by atoms with Gasteiger partial charge >= 0.3 is 0 Å². The van der Waals surface area contributed by atoms with Crippen molar-refractivity contribution in [3.05, 3.63) is 59.7 Å². The summed E-state index contributed by atoms with van der Waals surface area (Å²) < 4.78 is 18.5. The molecule has 1 N–H and O–H groups in total. The average molecular weight is 316 g/mol. The van der Waals surface area contributed by atoms with Crippen LogP contribution in [0.5, 0.6) is 5.75 Å². The van der Waals surface area contributed by atoms with Gasteiger partial charge in [-0.25, -0.2) is 4.39 Å². The molecule has 0 unspecified atom stereocenters. The van der Waals surface area contributed by atoms with Gasteiger partial charge in [0, 0.05) is 32.0 Å². The van der Waals surface area contributed by atoms with Gasteiger partial charge in [0.2, 0.25) is 0 Å². The number of aromatic nitrogens is 1. The third-order valence-electron chi connectivity index (χ3n) is 4.26. The van der Waals surface area contributed by atoms with E-state index in [1.807, 2.05) is 19.2 Å². The van der Waals surface area contributed by atoms with Crippen molar-refractivity contribution in [1.29, 1.82) is 0 Å².